The maximum absolute atomic E-state index is 12.2. The van der Waals surface area contributed by atoms with E-state index in [1.807, 2.05) is 24.3 Å². The van der Waals surface area contributed by atoms with E-state index in [2.05, 4.69) is 17.2 Å². The first kappa shape index (κ1) is 14.7. The van der Waals surface area contributed by atoms with Gasteiger partial charge in [0.2, 0.25) is 11.8 Å². The SMILES string of the molecule is CCc1ccc(N2C[C@@H](C(=O)Nc3nccs3)CC2=O)cc1. The predicted octanol–water partition coefficient (Wildman–Crippen LogP) is 2.70. The number of carbonyl (C=O) groups is 2. The molecule has 1 aliphatic heterocycles. The Morgan fingerprint density at radius 1 is 1.41 bits per heavy atom. The molecule has 2 aromatic rings. The van der Waals surface area contributed by atoms with Gasteiger partial charge in [0.05, 0.1) is 5.92 Å². The van der Waals surface area contributed by atoms with Crippen molar-refractivity contribution in [3.63, 3.8) is 0 Å². The smallest absolute Gasteiger partial charge is 0.231 e. The fourth-order valence-electron chi connectivity index (χ4n) is 2.54. The van der Waals surface area contributed by atoms with E-state index in [0.29, 0.717) is 11.7 Å². The molecule has 2 heterocycles. The number of aryl methyl sites for hydroxylation is 1. The molecule has 1 saturated heterocycles. The molecule has 0 radical (unpaired) electrons. The van der Waals surface area contributed by atoms with Crippen LogP contribution in [0.4, 0.5) is 10.8 Å². The normalized spacial score (nSPS) is 17.8. The Bertz CT molecular complexity index is 667. The summed E-state index contributed by atoms with van der Waals surface area (Å²) in [6, 6.07) is 7.92. The average molecular weight is 315 g/mol. The van der Waals surface area contributed by atoms with Crippen LogP contribution < -0.4 is 10.2 Å². The molecule has 0 bridgehead atoms. The van der Waals surface area contributed by atoms with Crippen molar-refractivity contribution < 1.29 is 9.59 Å². The maximum Gasteiger partial charge on any atom is 0.231 e. The van der Waals surface area contributed by atoms with E-state index in [0.717, 1.165) is 12.1 Å². The maximum atomic E-state index is 12.2. The van der Waals surface area contributed by atoms with Crippen LogP contribution in [0.25, 0.3) is 0 Å². The van der Waals surface area contributed by atoms with E-state index in [4.69, 9.17) is 0 Å². The Balaban J connectivity index is 1.68. The lowest BCUT2D eigenvalue weighted by Crippen LogP contribution is -2.28. The summed E-state index contributed by atoms with van der Waals surface area (Å²) in [5.74, 6) is -0.484. The zero-order valence-electron chi connectivity index (χ0n) is 12.3. The minimum absolute atomic E-state index is 0.0106. The van der Waals surface area contributed by atoms with Crippen LogP contribution in [0.3, 0.4) is 0 Å². The van der Waals surface area contributed by atoms with Crippen molar-refractivity contribution in [3.8, 4) is 0 Å². The molecular formula is C16H17N3O2S. The fraction of sp³-hybridized carbons (Fsp3) is 0.312. The van der Waals surface area contributed by atoms with Crippen molar-refractivity contribution in [2.24, 2.45) is 5.92 Å². The molecule has 1 aromatic carbocycles. The minimum atomic E-state index is -0.331. The molecule has 114 valence electrons. The van der Waals surface area contributed by atoms with E-state index < -0.39 is 0 Å². The topological polar surface area (TPSA) is 62.3 Å². The molecule has 5 nitrogen and oxygen atoms in total. The van der Waals surface area contributed by atoms with Crippen LogP contribution in [0, 0.1) is 5.92 Å². The Kier molecular flexibility index (Phi) is 4.20. The number of thiazole rings is 1. The quantitative estimate of drug-likeness (QED) is 0.943. The second kappa shape index (κ2) is 6.27. The van der Waals surface area contributed by atoms with Crippen LogP contribution >= 0.6 is 11.3 Å². The van der Waals surface area contributed by atoms with Gasteiger partial charge in [-0.25, -0.2) is 4.98 Å². The summed E-state index contributed by atoms with van der Waals surface area (Å²) in [6.07, 6.45) is 2.85. The summed E-state index contributed by atoms with van der Waals surface area (Å²) in [5.41, 5.74) is 2.08. The van der Waals surface area contributed by atoms with Crippen LogP contribution in [0.1, 0.15) is 18.9 Å². The molecule has 0 saturated carbocycles. The van der Waals surface area contributed by atoms with Gasteiger partial charge in [0.25, 0.3) is 0 Å². The lowest BCUT2D eigenvalue weighted by Gasteiger charge is -2.17. The molecule has 0 aliphatic carbocycles. The van der Waals surface area contributed by atoms with E-state index in [1.165, 1.54) is 16.9 Å². The van der Waals surface area contributed by atoms with Crippen molar-refractivity contribution in [1.29, 1.82) is 0 Å². The van der Waals surface area contributed by atoms with Crippen LogP contribution in [-0.2, 0) is 16.0 Å². The number of nitrogens with zero attached hydrogens (tertiary/aromatic N) is 2. The number of rotatable bonds is 4. The number of carbonyl (C=O) groups excluding carboxylic acids is 2. The summed E-state index contributed by atoms with van der Waals surface area (Å²) in [4.78, 5) is 30.1. The third-order valence-electron chi connectivity index (χ3n) is 3.81. The number of benzene rings is 1. The third-order valence-corrected chi connectivity index (χ3v) is 4.50. The molecule has 0 spiro atoms. The fourth-order valence-corrected chi connectivity index (χ4v) is 3.07. The van der Waals surface area contributed by atoms with Crippen molar-refractivity contribution in [1.82, 2.24) is 4.98 Å². The summed E-state index contributed by atoms with van der Waals surface area (Å²) >= 11 is 1.37. The largest absolute Gasteiger partial charge is 0.312 e. The Labute approximate surface area is 133 Å². The standard InChI is InChI=1S/C16H17N3O2S/c1-2-11-3-5-13(6-4-11)19-10-12(9-14(19)20)15(21)18-16-17-7-8-22-16/h3-8,12H,2,9-10H2,1H3,(H,17,18,21)/t12-/m0/s1. The van der Waals surface area contributed by atoms with Crippen LogP contribution in [0.2, 0.25) is 0 Å². The van der Waals surface area contributed by atoms with Crippen molar-refractivity contribution in [2.45, 2.75) is 19.8 Å². The summed E-state index contributed by atoms with van der Waals surface area (Å²) < 4.78 is 0. The third kappa shape index (κ3) is 3.01. The molecule has 1 atom stereocenters. The minimum Gasteiger partial charge on any atom is -0.312 e. The highest BCUT2D eigenvalue weighted by Gasteiger charge is 2.35. The highest BCUT2D eigenvalue weighted by Crippen LogP contribution is 2.26. The van der Waals surface area contributed by atoms with Crippen LogP contribution in [0.5, 0.6) is 0 Å². The second-order valence-corrected chi connectivity index (χ2v) is 6.15. The molecule has 6 heteroatoms. The van der Waals surface area contributed by atoms with Gasteiger partial charge in [0.1, 0.15) is 0 Å². The summed E-state index contributed by atoms with van der Waals surface area (Å²) in [5, 5.41) is 5.14. The van der Waals surface area contributed by atoms with Crippen molar-refractivity contribution in [3.05, 3.63) is 41.4 Å². The number of hydrogen-bond donors (Lipinski definition) is 1. The van der Waals surface area contributed by atoms with E-state index in [1.54, 1.807) is 16.5 Å². The van der Waals surface area contributed by atoms with E-state index >= 15 is 0 Å². The number of aromatic nitrogens is 1. The van der Waals surface area contributed by atoms with Crippen molar-refractivity contribution >= 4 is 34.0 Å². The molecule has 1 N–H and O–H groups in total. The number of hydrogen-bond acceptors (Lipinski definition) is 4. The van der Waals surface area contributed by atoms with Crippen LogP contribution in [0.15, 0.2) is 35.8 Å². The summed E-state index contributed by atoms with van der Waals surface area (Å²) in [7, 11) is 0. The highest BCUT2D eigenvalue weighted by molar-refractivity contribution is 7.13. The summed E-state index contributed by atoms with van der Waals surface area (Å²) in [6.45, 7) is 2.51. The first-order valence-electron chi connectivity index (χ1n) is 7.27. The molecule has 2 amide bonds. The Morgan fingerprint density at radius 3 is 2.82 bits per heavy atom. The van der Waals surface area contributed by atoms with Gasteiger partial charge in [-0.3, -0.25) is 9.59 Å². The average Bonchev–Trinajstić information content (AvgIpc) is 3.17. The van der Waals surface area contributed by atoms with Gasteiger partial charge in [-0.1, -0.05) is 19.1 Å². The first-order valence-corrected chi connectivity index (χ1v) is 8.15. The molecule has 0 unspecified atom stereocenters. The lowest BCUT2D eigenvalue weighted by molar-refractivity contribution is -0.122. The van der Waals surface area contributed by atoms with Crippen LogP contribution in [-0.4, -0.2) is 23.3 Å². The monoisotopic (exact) mass is 315 g/mol. The van der Waals surface area contributed by atoms with E-state index in [-0.39, 0.29) is 24.2 Å². The highest BCUT2D eigenvalue weighted by atomic mass is 32.1. The second-order valence-electron chi connectivity index (χ2n) is 5.25. The molecule has 1 aliphatic rings. The van der Waals surface area contributed by atoms with Gasteiger partial charge in [0, 0.05) is 30.2 Å². The van der Waals surface area contributed by atoms with Gasteiger partial charge >= 0.3 is 0 Å². The van der Waals surface area contributed by atoms with Gasteiger partial charge in [-0.2, -0.15) is 0 Å². The first-order chi connectivity index (χ1) is 10.7. The predicted molar refractivity (Wildman–Crippen MR) is 87.0 cm³/mol. The number of anilines is 2. The molecule has 22 heavy (non-hydrogen) atoms. The molecule has 1 fully saturated rings. The van der Waals surface area contributed by atoms with E-state index in [9.17, 15) is 9.59 Å². The van der Waals surface area contributed by atoms with Gasteiger partial charge in [-0.15, -0.1) is 11.3 Å². The number of amides is 2. The zero-order valence-corrected chi connectivity index (χ0v) is 13.1. The Morgan fingerprint density at radius 2 is 2.18 bits per heavy atom. The molecule has 3 rings (SSSR count). The van der Waals surface area contributed by atoms with Gasteiger partial charge in [0.15, 0.2) is 5.13 Å². The van der Waals surface area contributed by atoms with Gasteiger partial charge < -0.3 is 10.2 Å². The zero-order chi connectivity index (χ0) is 15.5. The molecular weight excluding hydrogens is 298 g/mol. The van der Waals surface area contributed by atoms with Gasteiger partial charge in [-0.05, 0) is 24.1 Å². The Hall–Kier alpha value is -2.21. The lowest BCUT2D eigenvalue weighted by atomic mass is 10.1. The van der Waals surface area contributed by atoms with Crippen molar-refractivity contribution in [2.75, 3.05) is 16.8 Å². The molecule has 1 aromatic heterocycles. The number of nitrogens with one attached hydrogen (secondary N) is 1.